The number of hydrogen-bond acceptors (Lipinski definition) is 3. The molecule has 0 aliphatic rings. The van der Waals surface area contributed by atoms with Gasteiger partial charge in [-0.3, -0.25) is 5.10 Å². The molecule has 0 atom stereocenters. The Kier molecular flexibility index (Phi) is 0.606. The zero-order chi connectivity index (χ0) is 6.27. The fourth-order valence-electron chi connectivity index (χ4n) is 0.697. The van der Waals surface area contributed by atoms with Crippen LogP contribution in [-0.2, 0) is 0 Å². The Morgan fingerprint density at radius 3 is 3.33 bits per heavy atom. The maximum absolute atomic E-state index is 8.95. The highest BCUT2D eigenvalue weighted by Crippen LogP contribution is 2.11. The van der Waals surface area contributed by atoms with Gasteiger partial charge in [0.25, 0.3) is 0 Å². The van der Waals surface area contributed by atoms with Gasteiger partial charge in [-0.15, -0.1) is 5.10 Å². The molecule has 46 valence electrons. The van der Waals surface area contributed by atoms with Gasteiger partial charge in [0.1, 0.15) is 6.33 Å². The molecule has 9 heavy (non-hydrogen) atoms. The summed E-state index contributed by atoms with van der Waals surface area (Å²) in [6.45, 7) is 0. The molecule has 2 heterocycles. The molecule has 0 saturated heterocycles. The van der Waals surface area contributed by atoms with Gasteiger partial charge in [-0.05, 0) is 0 Å². The summed E-state index contributed by atoms with van der Waals surface area (Å²) >= 11 is 0. The second-order valence-electron chi connectivity index (χ2n) is 1.65. The van der Waals surface area contributed by atoms with Crippen molar-refractivity contribution in [2.45, 2.75) is 0 Å². The minimum Gasteiger partial charge on any atom is -0.503 e. The first kappa shape index (κ1) is 4.37. The van der Waals surface area contributed by atoms with E-state index in [1.165, 1.54) is 17.2 Å². The molecule has 5 heteroatoms. The van der Waals surface area contributed by atoms with Crippen molar-refractivity contribution >= 4 is 5.65 Å². The largest absolute Gasteiger partial charge is 0.503 e. The smallest absolute Gasteiger partial charge is 0.217 e. The number of nitrogens with one attached hydrogen (secondary N) is 1. The maximum atomic E-state index is 8.95. The van der Waals surface area contributed by atoms with Crippen LogP contribution in [0.5, 0.6) is 5.75 Å². The number of nitrogens with zero attached hydrogens (tertiary/aromatic N) is 3. The summed E-state index contributed by atoms with van der Waals surface area (Å²) in [6.07, 6.45) is 2.79. The average molecular weight is 124 g/mol. The lowest BCUT2D eigenvalue weighted by molar-refractivity contribution is 0.480. The van der Waals surface area contributed by atoms with Crippen LogP contribution < -0.4 is 0 Å². The Morgan fingerprint density at radius 2 is 2.56 bits per heavy atom. The zero-order valence-electron chi connectivity index (χ0n) is 4.44. The van der Waals surface area contributed by atoms with Crippen molar-refractivity contribution in [1.29, 1.82) is 0 Å². The van der Waals surface area contributed by atoms with Crippen molar-refractivity contribution < 1.29 is 5.11 Å². The fourth-order valence-corrected chi connectivity index (χ4v) is 0.697. The normalized spacial score (nSPS) is 10.7. The minimum atomic E-state index is 0.118. The van der Waals surface area contributed by atoms with Gasteiger partial charge in [-0.1, -0.05) is 0 Å². The molecule has 0 radical (unpaired) electrons. The molecule has 0 saturated carbocycles. The van der Waals surface area contributed by atoms with Crippen LogP contribution in [0.25, 0.3) is 5.65 Å². The van der Waals surface area contributed by atoms with Crippen molar-refractivity contribution in [3.05, 3.63) is 12.5 Å². The lowest BCUT2D eigenvalue weighted by Gasteiger charge is -1.74. The van der Waals surface area contributed by atoms with E-state index in [-0.39, 0.29) is 5.75 Å². The van der Waals surface area contributed by atoms with Crippen LogP contribution >= 0.6 is 0 Å². The van der Waals surface area contributed by atoms with Crippen molar-refractivity contribution in [2.75, 3.05) is 0 Å². The Labute approximate surface area is 49.9 Å². The molecule has 0 aliphatic heterocycles. The first-order valence-corrected chi connectivity index (χ1v) is 2.44. The van der Waals surface area contributed by atoms with E-state index in [4.69, 9.17) is 5.11 Å². The minimum absolute atomic E-state index is 0.118. The summed E-state index contributed by atoms with van der Waals surface area (Å²) in [4.78, 5) is 3.75. The summed E-state index contributed by atoms with van der Waals surface area (Å²) in [6, 6.07) is 0. The molecule has 0 bridgehead atoms. The highest BCUT2D eigenvalue weighted by atomic mass is 16.3. The lowest BCUT2D eigenvalue weighted by Crippen LogP contribution is -1.82. The quantitative estimate of drug-likeness (QED) is 0.509. The number of fused-ring (bicyclic) bond motifs is 1. The summed E-state index contributed by atoms with van der Waals surface area (Å²) in [5.74, 6) is 0.118. The average Bonchev–Trinajstić information content (AvgIpc) is 2.35. The van der Waals surface area contributed by atoms with Gasteiger partial charge in [0.05, 0.1) is 6.20 Å². The van der Waals surface area contributed by atoms with Gasteiger partial charge in [0, 0.05) is 0 Å². The second-order valence-corrected chi connectivity index (χ2v) is 1.65. The predicted octanol–water partition coefficient (Wildman–Crippen LogP) is -0.237. The van der Waals surface area contributed by atoms with Gasteiger partial charge in [-0.25, -0.2) is 4.98 Å². The molecular weight excluding hydrogens is 120 g/mol. The summed E-state index contributed by atoms with van der Waals surface area (Å²) in [5, 5.41) is 15.3. The van der Waals surface area contributed by atoms with E-state index >= 15 is 0 Å². The molecule has 0 unspecified atom stereocenters. The van der Waals surface area contributed by atoms with E-state index in [9.17, 15) is 0 Å². The van der Waals surface area contributed by atoms with Gasteiger partial charge in [0.2, 0.25) is 5.65 Å². The molecule has 2 aromatic heterocycles. The van der Waals surface area contributed by atoms with Crippen LogP contribution in [0.4, 0.5) is 0 Å². The summed E-state index contributed by atoms with van der Waals surface area (Å²) in [7, 11) is 0. The highest BCUT2D eigenvalue weighted by Gasteiger charge is 2.00. The van der Waals surface area contributed by atoms with Gasteiger partial charge < -0.3 is 5.11 Å². The fraction of sp³-hybridized carbons (Fsp3) is 0. The van der Waals surface area contributed by atoms with Crippen LogP contribution in [0, 0.1) is 0 Å². The number of aromatic nitrogens is 4. The van der Waals surface area contributed by atoms with Crippen molar-refractivity contribution in [3.63, 3.8) is 0 Å². The van der Waals surface area contributed by atoms with Crippen molar-refractivity contribution in [1.82, 2.24) is 19.8 Å². The number of hydrogen-bond donors (Lipinski definition) is 2. The van der Waals surface area contributed by atoms with Gasteiger partial charge in [-0.2, -0.15) is 4.63 Å². The molecule has 0 amide bonds. The third kappa shape index (κ3) is 0.426. The highest BCUT2D eigenvalue weighted by molar-refractivity contribution is 5.49. The van der Waals surface area contributed by atoms with Gasteiger partial charge >= 0.3 is 0 Å². The van der Waals surface area contributed by atoms with Crippen LogP contribution in [0.3, 0.4) is 0 Å². The molecular formula is C4H4N4O. The second kappa shape index (κ2) is 1.25. The van der Waals surface area contributed by atoms with Crippen LogP contribution in [0.2, 0.25) is 0 Å². The molecule has 2 rings (SSSR count). The molecule has 0 aromatic carbocycles. The third-order valence-corrected chi connectivity index (χ3v) is 1.10. The van der Waals surface area contributed by atoms with Gasteiger partial charge in [0.15, 0.2) is 5.75 Å². The molecule has 5 nitrogen and oxygen atoms in total. The van der Waals surface area contributed by atoms with E-state index < -0.39 is 0 Å². The van der Waals surface area contributed by atoms with E-state index in [1.54, 1.807) is 0 Å². The SMILES string of the molecule is Oc1c[nH]n2ncnc12. The standard InChI is InChI=1S/C4H4N4O/c9-3-1-6-8-4(3)5-2-7-8/h1-2,6,9H. The molecule has 0 aliphatic carbocycles. The Bertz CT molecular complexity index is 322. The van der Waals surface area contributed by atoms with Crippen LogP contribution in [0.15, 0.2) is 12.5 Å². The molecule has 0 spiro atoms. The summed E-state index contributed by atoms with van der Waals surface area (Å²) < 4.78 is 1.38. The molecule has 2 N–H and O–H groups in total. The van der Waals surface area contributed by atoms with E-state index in [2.05, 4.69) is 15.2 Å². The lowest BCUT2D eigenvalue weighted by atomic mass is 10.6. The van der Waals surface area contributed by atoms with Crippen LogP contribution in [-0.4, -0.2) is 24.9 Å². The number of aromatic hydroxyl groups is 1. The number of rotatable bonds is 0. The molecule has 0 fully saturated rings. The zero-order valence-corrected chi connectivity index (χ0v) is 4.44. The Morgan fingerprint density at radius 1 is 1.67 bits per heavy atom. The van der Waals surface area contributed by atoms with Crippen molar-refractivity contribution in [3.8, 4) is 5.75 Å². The first-order valence-electron chi connectivity index (χ1n) is 2.44. The number of H-pyrrole nitrogens is 1. The monoisotopic (exact) mass is 124 g/mol. The Balaban J connectivity index is 2.99. The van der Waals surface area contributed by atoms with E-state index in [0.717, 1.165) is 0 Å². The molecule has 2 aromatic rings. The van der Waals surface area contributed by atoms with Crippen molar-refractivity contribution in [2.24, 2.45) is 0 Å². The van der Waals surface area contributed by atoms with E-state index in [1.807, 2.05) is 0 Å². The predicted molar refractivity (Wildman–Crippen MR) is 29.0 cm³/mol. The first-order chi connectivity index (χ1) is 4.38. The topological polar surface area (TPSA) is 66.2 Å². The maximum Gasteiger partial charge on any atom is 0.217 e. The number of aromatic amines is 1. The van der Waals surface area contributed by atoms with Crippen LogP contribution in [0.1, 0.15) is 0 Å². The Hall–Kier alpha value is -1.52. The third-order valence-electron chi connectivity index (χ3n) is 1.10. The van der Waals surface area contributed by atoms with E-state index in [0.29, 0.717) is 5.65 Å². The summed E-state index contributed by atoms with van der Waals surface area (Å²) in [5.41, 5.74) is 0.454.